The zero-order chi connectivity index (χ0) is 20.6. The topological polar surface area (TPSA) is 67.4 Å². The summed E-state index contributed by atoms with van der Waals surface area (Å²) in [6.45, 7) is 7.24. The predicted molar refractivity (Wildman–Crippen MR) is 112 cm³/mol. The second kappa shape index (κ2) is 9.93. The lowest BCUT2D eigenvalue weighted by atomic mass is 9.87. The first-order valence-corrected chi connectivity index (χ1v) is 9.58. The number of para-hydroxylation sites is 1. The van der Waals surface area contributed by atoms with Crippen LogP contribution in [-0.2, 0) is 16.6 Å². The molecule has 5 heteroatoms. The number of carbonyl (C=O) groups is 2. The van der Waals surface area contributed by atoms with E-state index in [1.165, 1.54) is 5.56 Å². The Morgan fingerprint density at radius 1 is 0.929 bits per heavy atom. The van der Waals surface area contributed by atoms with Crippen molar-refractivity contribution in [3.63, 3.8) is 0 Å². The number of carbonyl (C=O) groups excluding carboxylic acids is 2. The molecule has 0 radical (unpaired) electrons. The van der Waals surface area contributed by atoms with E-state index in [-0.39, 0.29) is 23.7 Å². The van der Waals surface area contributed by atoms with Gasteiger partial charge in [0.2, 0.25) is 5.91 Å². The van der Waals surface area contributed by atoms with Crippen molar-refractivity contribution in [2.24, 2.45) is 0 Å². The van der Waals surface area contributed by atoms with Gasteiger partial charge in [-0.05, 0) is 41.2 Å². The number of amides is 2. The first-order chi connectivity index (χ1) is 13.3. The Balaban J connectivity index is 1.71. The van der Waals surface area contributed by atoms with Gasteiger partial charge in [-0.1, -0.05) is 51.1 Å². The van der Waals surface area contributed by atoms with Gasteiger partial charge in [0.05, 0.1) is 7.11 Å². The molecule has 0 atom stereocenters. The number of ether oxygens (including phenoxy) is 1. The highest BCUT2D eigenvalue weighted by molar-refractivity contribution is 5.94. The molecule has 28 heavy (non-hydrogen) atoms. The third kappa shape index (κ3) is 6.41. The van der Waals surface area contributed by atoms with Crippen LogP contribution in [-0.4, -0.2) is 32.0 Å². The summed E-state index contributed by atoms with van der Waals surface area (Å²) in [5, 5.41) is 5.67. The molecule has 0 aliphatic carbocycles. The number of rotatable bonds is 8. The van der Waals surface area contributed by atoms with Gasteiger partial charge in [-0.25, -0.2) is 0 Å². The van der Waals surface area contributed by atoms with Crippen LogP contribution in [0.3, 0.4) is 0 Å². The molecule has 0 heterocycles. The Kier molecular flexibility index (Phi) is 7.61. The van der Waals surface area contributed by atoms with E-state index in [2.05, 4.69) is 31.4 Å². The molecule has 150 valence electrons. The Morgan fingerprint density at radius 3 is 2.25 bits per heavy atom. The highest BCUT2D eigenvalue weighted by Gasteiger charge is 2.14. The van der Waals surface area contributed by atoms with Crippen LogP contribution in [0.5, 0.6) is 5.75 Å². The fraction of sp³-hybridized carbons (Fsp3) is 0.391. The van der Waals surface area contributed by atoms with Crippen LogP contribution >= 0.6 is 0 Å². The van der Waals surface area contributed by atoms with Gasteiger partial charge in [0.25, 0.3) is 5.91 Å². The van der Waals surface area contributed by atoms with Gasteiger partial charge >= 0.3 is 0 Å². The Bertz CT molecular complexity index is 792. The normalized spacial score (nSPS) is 11.0. The second-order valence-corrected chi connectivity index (χ2v) is 7.75. The third-order valence-corrected chi connectivity index (χ3v) is 4.56. The number of hydrogen-bond acceptors (Lipinski definition) is 3. The van der Waals surface area contributed by atoms with Crippen LogP contribution in [0.15, 0.2) is 48.5 Å². The molecule has 2 aromatic rings. The van der Waals surface area contributed by atoms with Crippen LogP contribution in [0, 0.1) is 0 Å². The largest absolute Gasteiger partial charge is 0.496 e. The molecule has 0 saturated heterocycles. The van der Waals surface area contributed by atoms with Crippen molar-refractivity contribution in [1.29, 1.82) is 0 Å². The summed E-state index contributed by atoms with van der Waals surface area (Å²) in [6, 6.07) is 15.3. The van der Waals surface area contributed by atoms with Gasteiger partial charge < -0.3 is 15.4 Å². The molecule has 0 bridgehead atoms. The maximum Gasteiger partial charge on any atom is 0.251 e. The molecule has 2 amide bonds. The summed E-state index contributed by atoms with van der Waals surface area (Å²) in [7, 11) is 1.64. The lowest BCUT2D eigenvalue weighted by Gasteiger charge is -2.19. The molecule has 0 spiro atoms. The van der Waals surface area contributed by atoms with Crippen LogP contribution in [0.1, 0.15) is 48.7 Å². The summed E-state index contributed by atoms with van der Waals surface area (Å²) < 4.78 is 5.30. The van der Waals surface area contributed by atoms with Crippen molar-refractivity contribution in [3.8, 4) is 5.75 Å². The second-order valence-electron chi connectivity index (χ2n) is 7.75. The van der Waals surface area contributed by atoms with E-state index in [1.807, 2.05) is 48.5 Å². The number of nitrogens with one attached hydrogen (secondary N) is 2. The van der Waals surface area contributed by atoms with E-state index >= 15 is 0 Å². The van der Waals surface area contributed by atoms with Gasteiger partial charge in [-0.2, -0.15) is 0 Å². The van der Waals surface area contributed by atoms with Crippen molar-refractivity contribution >= 4 is 11.8 Å². The Hall–Kier alpha value is -2.82. The molecule has 0 fully saturated rings. The molecule has 5 nitrogen and oxygen atoms in total. The minimum atomic E-state index is -0.165. The van der Waals surface area contributed by atoms with E-state index in [0.717, 1.165) is 11.3 Å². The summed E-state index contributed by atoms with van der Waals surface area (Å²) in [6.07, 6.45) is 0.944. The minimum Gasteiger partial charge on any atom is -0.496 e. The summed E-state index contributed by atoms with van der Waals surface area (Å²) >= 11 is 0. The van der Waals surface area contributed by atoms with E-state index < -0.39 is 0 Å². The first-order valence-electron chi connectivity index (χ1n) is 9.58. The summed E-state index contributed by atoms with van der Waals surface area (Å²) in [4.78, 5) is 24.2. The van der Waals surface area contributed by atoms with Crippen molar-refractivity contribution in [3.05, 3.63) is 65.2 Å². The Labute approximate surface area is 167 Å². The molecule has 2 rings (SSSR count). The minimum absolute atomic E-state index is 0.0524. The van der Waals surface area contributed by atoms with Gasteiger partial charge in [-0.3, -0.25) is 9.59 Å². The molecular formula is C23H30N2O3. The van der Waals surface area contributed by atoms with E-state index in [9.17, 15) is 9.59 Å². The molecule has 0 saturated carbocycles. The summed E-state index contributed by atoms with van der Waals surface area (Å²) in [5.74, 6) is 0.571. The quantitative estimate of drug-likeness (QED) is 0.735. The van der Waals surface area contributed by atoms with Crippen LogP contribution < -0.4 is 15.4 Å². The van der Waals surface area contributed by atoms with Crippen molar-refractivity contribution in [2.75, 3.05) is 20.2 Å². The highest BCUT2D eigenvalue weighted by Crippen LogP contribution is 2.22. The van der Waals surface area contributed by atoms with Crippen molar-refractivity contribution < 1.29 is 14.3 Å². The number of methoxy groups -OCH3 is 1. The van der Waals surface area contributed by atoms with Crippen molar-refractivity contribution in [1.82, 2.24) is 10.6 Å². The molecule has 2 aromatic carbocycles. The third-order valence-electron chi connectivity index (χ3n) is 4.56. The Morgan fingerprint density at radius 2 is 1.61 bits per heavy atom. The fourth-order valence-corrected chi connectivity index (χ4v) is 2.85. The highest BCUT2D eigenvalue weighted by atomic mass is 16.5. The van der Waals surface area contributed by atoms with Gasteiger partial charge in [0, 0.05) is 25.1 Å². The van der Waals surface area contributed by atoms with Gasteiger partial charge in [0.1, 0.15) is 5.75 Å². The van der Waals surface area contributed by atoms with E-state index in [1.54, 1.807) is 7.11 Å². The fourth-order valence-electron chi connectivity index (χ4n) is 2.85. The summed E-state index contributed by atoms with van der Waals surface area (Å²) in [5.41, 5.74) is 2.89. The molecule has 0 aromatic heterocycles. The van der Waals surface area contributed by atoms with E-state index in [4.69, 9.17) is 4.74 Å². The lowest BCUT2D eigenvalue weighted by Crippen LogP contribution is -2.31. The molecule has 2 N–H and O–H groups in total. The van der Waals surface area contributed by atoms with Crippen LogP contribution in [0.25, 0.3) is 0 Å². The smallest absolute Gasteiger partial charge is 0.251 e. The zero-order valence-corrected chi connectivity index (χ0v) is 17.2. The lowest BCUT2D eigenvalue weighted by molar-refractivity contribution is -0.120. The van der Waals surface area contributed by atoms with Crippen LogP contribution in [0.2, 0.25) is 0 Å². The van der Waals surface area contributed by atoms with Gasteiger partial charge in [-0.15, -0.1) is 0 Å². The molecule has 0 aliphatic heterocycles. The zero-order valence-electron chi connectivity index (χ0n) is 17.2. The SMILES string of the molecule is COc1ccccc1CCNC(=O)CCNC(=O)c1ccc(C(C)(C)C)cc1. The molecular weight excluding hydrogens is 352 g/mol. The van der Waals surface area contributed by atoms with Crippen LogP contribution in [0.4, 0.5) is 0 Å². The number of benzene rings is 2. The average molecular weight is 383 g/mol. The molecule has 0 aliphatic rings. The first kappa shape index (κ1) is 21.5. The number of hydrogen-bond donors (Lipinski definition) is 2. The molecule has 0 unspecified atom stereocenters. The maximum absolute atomic E-state index is 12.2. The monoisotopic (exact) mass is 382 g/mol. The predicted octanol–water partition coefficient (Wildman–Crippen LogP) is 3.47. The average Bonchev–Trinajstić information content (AvgIpc) is 2.67. The van der Waals surface area contributed by atoms with E-state index in [0.29, 0.717) is 25.1 Å². The van der Waals surface area contributed by atoms with Crippen molar-refractivity contribution in [2.45, 2.75) is 39.0 Å². The standard InChI is InChI=1S/C23H30N2O3/c1-23(2,3)19-11-9-18(10-12-19)22(27)25-16-14-21(26)24-15-13-17-7-5-6-8-20(17)28-4/h5-12H,13-16H2,1-4H3,(H,24,26)(H,25,27). The maximum atomic E-state index is 12.2. The van der Waals surface area contributed by atoms with Gasteiger partial charge in [0.15, 0.2) is 0 Å².